The summed E-state index contributed by atoms with van der Waals surface area (Å²) in [5, 5.41) is 2.82. The zero-order chi connectivity index (χ0) is 20.1. The molecule has 1 N–H and O–H groups in total. The molecule has 28 heavy (non-hydrogen) atoms. The summed E-state index contributed by atoms with van der Waals surface area (Å²) in [6, 6.07) is 14.6. The highest BCUT2D eigenvalue weighted by Gasteiger charge is 2.34. The van der Waals surface area contributed by atoms with Gasteiger partial charge in [-0.05, 0) is 49.4 Å². The first-order chi connectivity index (χ1) is 13.5. The minimum absolute atomic E-state index is 0.128. The van der Waals surface area contributed by atoms with Gasteiger partial charge in [0.1, 0.15) is 11.0 Å². The predicted octanol–water partition coefficient (Wildman–Crippen LogP) is 4.44. The summed E-state index contributed by atoms with van der Waals surface area (Å²) in [6.07, 6.45) is 0.128. The fourth-order valence-corrected chi connectivity index (χ4v) is 4.04. The van der Waals surface area contributed by atoms with Gasteiger partial charge in [0.2, 0.25) is 11.8 Å². The molecule has 0 saturated carbocycles. The average Bonchev–Trinajstić information content (AvgIpc) is 2.67. The van der Waals surface area contributed by atoms with Crippen molar-refractivity contribution < 1.29 is 14.3 Å². The second kappa shape index (κ2) is 9.25. The third-order valence-corrected chi connectivity index (χ3v) is 5.76. The van der Waals surface area contributed by atoms with Crippen molar-refractivity contribution in [2.45, 2.75) is 18.6 Å². The molecular formula is C20H20BrN3O3S. The van der Waals surface area contributed by atoms with Gasteiger partial charge in [0.15, 0.2) is 5.17 Å². The first-order valence-electron chi connectivity index (χ1n) is 8.77. The zero-order valence-corrected chi connectivity index (χ0v) is 17.9. The van der Waals surface area contributed by atoms with E-state index < -0.39 is 5.25 Å². The number of amidine groups is 1. The molecule has 1 saturated heterocycles. The maximum Gasteiger partial charge on any atom is 0.238 e. The van der Waals surface area contributed by atoms with Crippen molar-refractivity contribution >= 4 is 56.0 Å². The normalized spacial score (nSPS) is 18.2. The molecule has 2 aromatic rings. The summed E-state index contributed by atoms with van der Waals surface area (Å²) in [7, 11) is 1.67. The smallest absolute Gasteiger partial charge is 0.238 e. The van der Waals surface area contributed by atoms with E-state index in [0.29, 0.717) is 23.1 Å². The van der Waals surface area contributed by atoms with Crippen molar-refractivity contribution in [3.63, 3.8) is 0 Å². The molecule has 6 nitrogen and oxygen atoms in total. The van der Waals surface area contributed by atoms with Gasteiger partial charge in [-0.25, -0.2) is 4.99 Å². The predicted molar refractivity (Wildman–Crippen MR) is 116 cm³/mol. The van der Waals surface area contributed by atoms with Crippen LogP contribution in [0.15, 0.2) is 58.0 Å². The van der Waals surface area contributed by atoms with E-state index in [1.165, 1.54) is 16.7 Å². The molecule has 0 bridgehead atoms. The van der Waals surface area contributed by atoms with Crippen LogP contribution in [0.5, 0.6) is 5.75 Å². The lowest BCUT2D eigenvalue weighted by molar-refractivity contribution is -0.128. The number of carbonyl (C=O) groups is 2. The molecule has 146 valence electrons. The first-order valence-corrected chi connectivity index (χ1v) is 10.4. The fraction of sp³-hybridized carbons (Fsp3) is 0.250. The summed E-state index contributed by atoms with van der Waals surface area (Å²) in [5.41, 5.74) is 1.37. The minimum atomic E-state index is -0.538. The third kappa shape index (κ3) is 5.14. The van der Waals surface area contributed by atoms with Gasteiger partial charge in [-0.15, -0.1) is 0 Å². The number of carbonyl (C=O) groups excluding carboxylic acids is 2. The lowest BCUT2D eigenvalue weighted by atomic mass is 10.2. The van der Waals surface area contributed by atoms with Crippen molar-refractivity contribution in [2.75, 3.05) is 19.0 Å². The summed E-state index contributed by atoms with van der Waals surface area (Å²) in [4.78, 5) is 31.1. The molecule has 0 spiro atoms. The van der Waals surface area contributed by atoms with Crippen LogP contribution in [0.2, 0.25) is 0 Å². The van der Waals surface area contributed by atoms with Crippen LogP contribution >= 0.6 is 27.7 Å². The van der Waals surface area contributed by atoms with E-state index in [2.05, 4.69) is 26.2 Å². The molecule has 1 aliphatic rings. The molecule has 1 fully saturated rings. The monoisotopic (exact) mass is 461 g/mol. The van der Waals surface area contributed by atoms with Gasteiger partial charge in [-0.1, -0.05) is 33.8 Å². The van der Waals surface area contributed by atoms with E-state index >= 15 is 0 Å². The highest BCUT2D eigenvalue weighted by molar-refractivity contribution is 9.10. The molecule has 2 amide bonds. The van der Waals surface area contributed by atoms with Crippen LogP contribution in [0.4, 0.5) is 11.4 Å². The zero-order valence-electron chi connectivity index (χ0n) is 15.5. The number of amides is 2. The van der Waals surface area contributed by atoms with Gasteiger partial charge in [0.05, 0.1) is 12.3 Å². The number of anilines is 1. The Morgan fingerprint density at radius 1 is 1.32 bits per heavy atom. The van der Waals surface area contributed by atoms with Gasteiger partial charge in [0, 0.05) is 23.6 Å². The van der Waals surface area contributed by atoms with Crippen LogP contribution in [-0.2, 0) is 9.59 Å². The SMILES string of the molecule is CCOc1ccc(N=C2SC(C(=O)Nc3cccc(Br)c3)CC(=O)N2C)cc1. The van der Waals surface area contributed by atoms with E-state index in [-0.39, 0.29) is 18.2 Å². The van der Waals surface area contributed by atoms with Crippen molar-refractivity contribution in [3.05, 3.63) is 53.0 Å². The molecule has 2 aromatic carbocycles. The molecule has 1 heterocycles. The van der Waals surface area contributed by atoms with E-state index in [4.69, 9.17) is 4.74 Å². The third-order valence-electron chi connectivity index (χ3n) is 4.03. The summed E-state index contributed by atoms with van der Waals surface area (Å²) >= 11 is 4.67. The molecule has 1 atom stereocenters. The van der Waals surface area contributed by atoms with Crippen LogP contribution in [0.25, 0.3) is 0 Å². The summed E-state index contributed by atoms with van der Waals surface area (Å²) in [5.74, 6) is 0.403. The van der Waals surface area contributed by atoms with Crippen LogP contribution in [-0.4, -0.2) is 40.8 Å². The maximum absolute atomic E-state index is 12.7. The number of hydrogen-bond acceptors (Lipinski definition) is 5. The van der Waals surface area contributed by atoms with E-state index in [1.807, 2.05) is 49.4 Å². The summed E-state index contributed by atoms with van der Waals surface area (Å²) < 4.78 is 6.30. The number of halogens is 1. The topological polar surface area (TPSA) is 71.0 Å². The second-order valence-electron chi connectivity index (χ2n) is 6.08. The van der Waals surface area contributed by atoms with Crippen LogP contribution in [0.3, 0.4) is 0 Å². The van der Waals surface area contributed by atoms with Gasteiger partial charge >= 0.3 is 0 Å². The molecule has 8 heteroatoms. The molecule has 1 aliphatic heterocycles. The first kappa shape index (κ1) is 20.4. The van der Waals surface area contributed by atoms with E-state index in [0.717, 1.165) is 10.2 Å². The number of nitrogens with zero attached hydrogens (tertiary/aromatic N) is 2. The van der Waals surface area contributed by atoms with Crippen LogP contribution in [0.1, 0.15) is 13.3 Å². The Bertz CT molecular complexity index is 902. The number of thioether (sulfide) groups is 1. The Balaban J connectivity index is 1.75. The number of nitrogens with one attached hydrogen (secondary N) is 1. The largest absolute Gasteiger partial charge is 0.494 e. The van der Waals surface area contributed by atoms with Crippen molar-refractivity contribution in [1.29, 1.82) is 0 Å². The number of benzene rings is 2. The Kier molecular flexibility index (Phi) is 6.74. The Hall–Kier alpha value is -2.32. The van der Waals surface area contributed by atoms with E-state index in [1.54, 1.807) is 13.1 Å². The molecule has 0 aliphatic carbocycles. The highest BCUT2D eigenvalue weighted by Crippen LogP contribution is 2.29. The molecule has 0 aromatic heterocycles. The summed E-state index contributed by atoms with van der Waals surface area (Å²) in [6.45, 7) is 2.52. The lowest BCUT2D eigenvalue weighted by Gasteiger charge is -2.28. The maximum atomic E-state index is 12.7. The molecule has 3 rings (SSSR count). The number of rotatable bonds is 5. The molecule has 0 radical (unpaired) electrons. The number of hydrogen-bond donors (Lipinski definition) is 1. The lowest BCUT2D eigenvalue weighted by Crippen LogP contribution is -2.43. The number of aliphatic imine (C=N–C) groups is 1. The highest BCUT2D eigenvalue weighted by atomic mass is 79.9. The van der Waals surface area contributed by atoms with Crippen molar-refractivity contribution in [2.24, 2.45) is 4.99 Å². The number of ether oxygens (including phenoxy) is 1. The molecule has 1 unspecified atom stereocenters. The van der Waals surface area contributed by atoms with Crippen LogP contribution < -0.4 is 10.1 Å². The Morgan fingerprint density at radius 2 is 2.07 bits per heavy atom. The van der Waals surface area contributed by atoms with Crippen molar-refractivity contribution in [3.8, 4) is 5.75 Å². The van der Waals surface area contributed by atoms with Crippen LogP contribution in [0, 0.1) is 0 Å². The molecular weight excluding hydrogens is 442 g/mol. The minimum Gasteiger partial charge on any atom is -0.494 e. The second-order valence-corrected chi connectivity index (χ2v) is 8.17. The van der Waals surface area contributed by atoms with Gasteiger partial charge in [-0.3, -0.25) is 14.5 Å². The van der Waals surface area contributed by atoms with E-state index in [9.17, 15) is 9.59 Å². The van der Waals surface area contributed by atoms with Gasteiger partial charge < -0.3 is 10.1 Å². The Morgan fingerprint density at radius 3 is 2.75 bits per heavy atom. The van der Waals surface area contributed by atoms with Crippen molar-refractivity contribution in [1.82, 2.24) is 4.90 Å². The Labute approximate surface area is 176 Å². The average molecular weight is 462 g/mol. The van der Waals surface area contributed by atoms with Gasteiger partial charge in [0.25, 0.3) is 0 Å². The standard InChI is InChI=1S/C20H20BrN3O3S/c1-3-27-16-9-7-14(8-10-16)23-20-24(2)18(25)12-17(28-20)19(26)22-15-6-4-5-13(21)11-15/h4-11,17H,3,12H2,1-2H3,(H,22,26). The fourth-order valence-electron chi connectivity index (χ4n) is 2.58. The quantitative estimate of drug-likeness (QED) is 0.714. The van der Waals surface area contributed by atoms with Gasteiger partial charge in [-0.2, -0.15) is 0 Å².